The van der Waals surface area contributed by atoms with Crippen LogP contribution in [0, 0.1) is 5.82 Å². The molecule has 0 aliphatic rings. The van der Waals surface area contributed by atoms with E-state index >= 15 is 0 Å². The van der Waals surface area contributed by atoms with Crippen LogP contribution in [0.4, 0.5) is 4.39 Å². The molecule has 142 valence electrons. The van der Waals surface area contributed by atoms with Crippen LogP contribution in [-0.4, -0.2) is 11.3 Å². The van der Waals surface area contributed by atoms with Gasteiger partial charge in [-0.05, 0) is 53.7 Å². The van der Waals surface area contributed by atoms with Crippen molar-refractivity contribution in [1.29, 1.82) is 0 Å². The van der Waals surface area contributed by atoms with E-state index in [1.807, 2.05) is 54.6 Å². The fraction of sp³-hybridized carbons (Fsp3) is 0.0909. The normalized spacial score (nSPS) is 10.6. The molecule has 0 amide bonds. The maximum atomic E-state index is 13.6. The van der Waals surface area contributed by atoms with Crippen molar-refractivity contribution in [2.24, 2.45) is 5.10 Å². The van der Waals surface area contributed by atoms with Crippen LogP contribution in [-0.2, 0) is 13.2 Å². The second kappa shape index (κ2) is 10.2. The Labute approximate surface area is 169 Å². The Kier molecular flexibility index (Phi) is 7.09. The van der Waals surface area contributed by atoms with E-state index in [1.54, 1.807) is 24.4 Å². The lowest BCUT2D eigenvalue weighted by atomic mass is 10.2. The molecule has 3 rings (SSSR count). The van der Waals surface area contributed by atoms with Gasteiger partial charge in [-0.25, -0.2) is 4.39 Å². The van der Waals surface area contributed by atoms with E-state index < -0.39 is 0 Å². The number of thiocarbonyl (C=S) groups is 1. The van der Waals surface area contributed by atoms with Gasteiger partial charge in [-0.1, -0.05) is 48.5 Å². The van der Waals surface area contributed by atoms with Crippen LogP contribution in [0.2, 0.25) is 0 Å². The van der Waals surface area contributed by atoms with Crippen molar-refractivity contribution in [2.75, 3.05) is 0 Å². The highest BCUT2D eigenvalue weighted by Crippen LogP contribution is 2.15. The van der Waals surface area contributed by atoms with Crippen LogP contribution < -0.4 is 15.5 Å². The smallest absolute Gasteiger partial charge is 0.187 e. The Balaban J connectivity index is 1.43. The third kappa shape index (κ3) is 6.17. The van der Waals surface area contributed by atoms with Crippen molar-refractivity contribution in [1.82, 2.24) is 10.7 Å². The molecule has 0 aliphatic heterocycles. The molecule has 4 nitrogen and oxygen atoms in total. The SMILES string of the molecule is Fc1ccccc1COc1ccc(/C=N\NC(=S)NCc2ccccc2)cc1. The first-order chi connectivity index (χ1) is 13.7. The molecule has 0 atom stereocenters. The second-order valence-electron chi connectivity index (χ2n) is 5.99. The lowest BCUT2D eigenvalue weighted by molar-refractivity contribution is 0.300. The molecular formula is C22H20FN3OS. The second-order valence-corrected chi connectivity index (χ2v) is 6.40. The summed E-state index contributed by atoms with van der Waals surface area (Å²) in [7, 11) is 0. The Hall–Kier alpha value is -3.25. The first-order valence-corrected chi connectivity index (χ1v) is 9.18. The number of nitrogens with zero attached hydrogens (tertiary/aromatic N) is 1. The molecule has 0 heterocycles. The quantitative estimate of drug-likeness (QED) is 0.355. The predicted molar refractivity (Wildman–Crippen MR) is 114 cm³/mol. The van der Waals surface area contributed by atoms with Crippen molar-refractivity contribution in [2.45, 2.75) is 13.2 Å². The van der Waals surface area contributed by atoms with E-state index in [4.69, 9.17) is 17.0 Å². The van der Waals surface area contributed by atoms with Crippen molar-refractivity contribution >= 4 is 23.5 Å². The maximum absolute atomic E-state index is 13.6. The summed E-state index contributed by atoms with van der Waals surface area (Å²) in [4.78, 5) is 0. The number of nitrogens with one attached hydrogen (secondary N) is 2. The molecule has 3 aromatic carbocycles. The van der Waals surface area contributed by atoms with Gasteiger partial charge in [-0.3, -0.25) is 5.43 Å². The minimum absolute atomic E-state index is 0.184. The first-order valence-electron chi connectivity index (χ1n) is 8.78. The molecule has 0 aliphatic carbocycles. The maximum Gasteiger partial charge on any atom is 0.187 e. The number of hydrazone groups is 1. The lowest BCUT2D eigenvalue weighted by Crippen LogP contribution is -2.31. The van der Waals surface area contributed by atoms with Crippen LogP contribution in [0.1, 0.15) is 16.7 Å². The topological polar surface area (TPSA) is 45.6 Å². The Bertz CT molecular complexity index is 930. The summed E-state index contributed by atoms with van der Waals surface area (Å²) in [6.45, 7) is 0.819. The van der Waals surface area contributed by atoms with Crippen molar-refractivity contribution in [3.63, 3.8) is 0 Å². The molecule has 0 unspecified atom stereocenters. The third-order valence-corrected chi connectivity index (χ3v) is 4.14. The summed E-state index contributed by atoms with van der Waals surface area (Å²) >= 11 is 5.19. The summed E-state index contributed by atoms with van der Waals surface area (Å²) in [6, 6.07) is 23.9. The van der Waals surface area contributed by atoms with Crippen molar-refractivity contribution in [3.05, 3.63) is 101 Å². The van der Waals surface area contributed by atoms with Crippen LogP contribution >= 0.6 is 12.2 Å². The summed E-state index contributed by atoms with van der Waals surface area (Å²) in [5, 5.41) is 7.66. The Morgan fingerprint density at radius 2 is 1.68 bits per heavy atom. The van der Waals surface area contributed by atoms with Crippen LogP contribution in [0.15, 0.2) is 84.0 Å². The number of halogens is 1. The molecule has 6 heteroatoms. The highest BCUT2D eigenvalue weighted by molar-refractivity contribution is 7.80. The third-order valence-electron chi connectivity index (χ3n) is 3.91. The molecule has 3 aromatic rings. The van der Waals surface area contributed by atoms with Gasteiger partial charge in [0.05, 0.1) is 6.21 Å². The van der Waals surface area contributed by atoms with Gasteiger partial charge >= 0.3 is 0 Å². The zero-order valence-corrected chi connectivity index (χ0v) is 16.0. The lowest BCUT2D eigenvalue weighted by Gasteiger charge is -2.08. The zero-order chi connectivity index (χ0) is 19.6. The van der Waals surface area contributed by atoms with Crippen molar-refractivity contribution in [3.8, 4) is 5.75 Å². The number of ether oxygens (including phenoxy) is 1. The van der Waals surface area contributed by atoms with Gasteiger partial charge < -0.3 is 10.1 Å². The highest BCUT2D eigenvalue weighted by atomic mass is 32.1. The molecule has 0 radical (unpaired) electrons. The number of hydrogen-bond acceptors (Lipinski definition) is 3. The van der Waals surface area contributed by atoms with E-state index in [9.17, 15) is 4.39 Å². The Morgan fingerprint density at radius 1 is 0.964 bits per heavy atom. The first kappa shape index (κ1) is 19.5. The van der Waals surface area contributed by atoms with Gasteiger partial charge in [0.2, 0.25) is 0 Å². The van der Waals surface area contributed by atoms with E-state index in [0.29, 0.717) is 23.0 Å². The monoisotopic (exact) mass is 393 g/mol. The summed E-state index contributed by atoms with van der Waals surface area (Å²) in [5.74, 6) is 0.391. The van der Waals surface area contributed by atoms with Crippen molar-refractivity contribution < 1.29 is 9.13 Å². The van der Waals surface area contributed by atoms with Crippen LogP contribution in [0.25, 0.3) is 0 Å². The zero-order valence-electron chi connectivity index (χ0n) is 15.1. The molecule has 28 heavy (non-hydrogen) atoms. The molecular weight excluding hydrogens is 373 g/mol. The van der Waals surface area contributed by atoms with Gasteiger partial charge in [0, 0.05) is 12.1 Å². The van der Waals surface area contributed by atoms with Crippen LogP contribution in [0.5, 0.6) is 5.75 Å². The van der Waals surface area contributed by atoms with Gasteiger partial charge in [0.1, 0.15) is 18.2 Å². The molecule has 0 aromatic heterocycles. The van der Waals surface area contributed by atoms with E-state index in [0.717, 1.165) is 11.1 Å². The molecule has 0 saturated heterocycles. The van der Waals surface area contributed by atoms with E-state index in [1.165, 1.54) is 6.07 Å². The summed E-state index contributed by atoms with van der Waals surface area (Å²) < 4.78 is 19.2. The fourth-order valence-corrected chi connectivity index (χ4v) is 2.53. The highest BCUT2D eigenvalue weighted by Gasteiger charge is 2.01. The van der Waals surface area contributed by atoms with Gasteiger partial charge in [0.15, 0.2) is 5.11 Å². The number of hydrogen-bond donors (Lipinski definition) is 2. The van der Waals surface area contributed by atoms with Crippen LogP contribution in [0.3, 0.4) is 0 Å². The molecule has 0 bridgehead atoms. The molecule has 0 fully saturated rings. The minimum atomic E-state index is -0.269. The standard InChI is InChI=1S/C22H20FN3OS/c23-21-9-5-4-8-19(21)16-27-20-12-10-18(11-13-20)15-25-26-22(28)24-14-17-6-2-1-3-7-17/h1-13,15H,14,16H2,(H2,24,26,28)/b25-15-. The Morgan fingerprint density at radius 3 is 2.43 bits per heavy atom. The van der Waals surface area contributed by atoms with E-state index in [2.05, 4.69) is 15.8 Å². The molecule has 0 spiro atoms. The van der Waals surface area contributed by atoms with Gasteiger partial charge in [-0.15, -0.1) is 0 Å². The average Bonchev–Trinajstić information content (AvgIpc) is 2.73. The molecule has 0 saturated carbocycles. The summed E-state index contributed by atoms with van der Waals surface area (Å²) in [5.41, 5.74) is 5.33. The van der Waals surface area contributed by atoms with Gasteiger partial charge in [-0.2, -0.15) is 5.10 Å². The number of benzene rings is 3. The largest absolute Gasteiger partial charge is 0.489 e. The predicted octanol–water partition coefficient (Wildman–Crippen LogP) is 4.40. The fourth-order valence-electron chi connectivity index (χ4n) is 2.41. The molecule has 2 N–H and O–H groups in total. The van der Waals surface area contributed by atoms with E-state index in [-0.39, 0.29) is 12.4 Å². The average molecular weight is 393 g/mol. The number of rotatable bonds is 7. The summed E-state index contributed by atoms with van der Waals surface area (Å²) in [6.07, 6.45) is 1.66. The van der Waals surface area contributed by atoms with Gasteiger partial charge in [0.25, 0.3) is 0 Å². The minimum Gasteiger partial charge on any atom is -0.489 e.